The Bertz CT molecular complexity index is 758. The van der Waals surface area contributed by atoms with E-state index in [4.69, 9.17) is 0 Å². The zero-order valence-electron chi connectivity index (χ0n) is 13.9. The average molecular weight is 350 g/mol. The van der Waals surface area contributed by atoms with Crippen molar-refractivity contribution in [3.8, 4) is 11.5 Å². The van der Waals surface area contributed by atoms with E-state index in [0.29, 0.717) is 24.6 Å². The monoisotopic (exact) mass is 350 g/mol. The van der Waals surface area contributed by atoms with Crippen molar-refractivity contribution in [3.63, 3.8) is 0 Å². The molecule has 2 aromatic rings. The van der Waals surface area contributed by atoms with Crippen LogP contribution < -0.4 is 0 Å². The third-order valence-corrected chi connectivity index (χ3v) is 6.12. The second-order valence-electron chi connectivity index (χ2n) is 6.19. The van der Waals surface area contributed by atoms with Crippen molar-refractivity contribution in [2.45, 2.75) is 19.3 Å². The first kappa shape index (κ1) is 17.0. The number of H-pyrrole nitrogens is 1. The van der Waals surface area contributed by atoms with E-state index >= 15 is 0 Å². The molecule has 0 unspecified atom stereocenters. The van der Waals surface area contributed by atoms with Crippen molar-refractivity contribution in [2.24, 2.45) is 5.92 Å². The number of rotatable bonds is 5. The standard InChI is InChI=1S/C15H22N6O2S/c1-20(2)24(22,23)21-7-3-4-12(11-21)8-13-9-19-14(10-18-13)15-16-5-6-17-15/h5-6,9-10,12H,3-4,7-8,11H2,1-2H3,(H,16,17)/t12-/m0/s1. The molecule has 3 heterocycles. The summed E-state index contributed by atoms with van der Waals surface area (Å²) >= 11 is 0. The van der Waals surface area contributed by atoms with Crippen molar-refractivity contribution < 1.29 is 8.42 Å². The van der Waals surface area contributed by atoms with Crippen LogP contribution in [0.3, 0.4) is 0 Å². The zero-order valence-corrected chi connectivity index (χ0v) is 14.7. The molecule has 9 heteroatoms. The third-order valence-electron chi connectivity index (χ3n) is 4.21. The van der Waals surface area contributed by atoms with Crippen molar-refractivity contribution in [1.29, 1.82) is 0 Å². The van der Waals surface area contributed by atoms with Crippen LogP contribution in [0.25, 0.3) is 11.5 Å². The highest BCUT2D eigenvalue weighted by Crippen LogP contribution is 2.23. The van der Waals surface area contributed by atoms with Crippen LogP contribution in [0.15, 0.2) is 24.8 Å². The van der Waals surface area contributed by atoms with Gasteiger partial charge in [-0.05, 0) is 25.2 Å². The average Bonchev–Trinajstić information content (AvgIpc) is 3.10. The highest BCUT2D eigenvalue weighted by Gasteiger charge is 2.30. The number of imidazole rings is 1. The number of hydrogen-bond donors (Lipinski definition) is 1. The molecule has 24 heavy (non-hydrogen) atoms. The maximum Gasteiger partial charge on any atom is 0.281 e. The van der Waals surface area contributed by atoms with Gasteiger partial charge in [0.1, 0.15) is 5.69 Å². The first-order valence-corrected chi connectivity index (χ1v) is 9.35. The molecule has 0 bridgehead atoms. The van der Waals surface area contributed by atoms with E-state index < -0.39 is 10.2 Å². The van der Waals surface area contributed by atoms with Crippen LogP contribution in [0, 0.1) is 5.92 Å². The summed E-state index contributed by atoms with van der Waals surface area (Å²) in [7, 11) is -0.209. The predicted molar refractivity (Wildman–Crippen MR) is 90.2 cm³/mol. The Hall–Kier alpha value is -1.84. The highest BCUT2D eigenvalue weighted by atomic mass is 32.2. The van der Waals surface area contributed by atoms with Gasteiger partial charge in [0.2, 0.25) is 0 Å². The Morgan fingerprint density at radius 2 is 2.12 bits per heavy atom. The van der Waals surface area contributed by atoms with E-state index in [1.807, 2.05) is 0 Å². The topological polar surface area (TPSA) is 95.1 Å². The fraction of sp³-hybridized carbons (Fsp3) is 0.533. The summed E-state index contributed by atoms with van der Waals surface area (Å²) in [6.45, 7) is 1.11. The molecule has 0 amide bonds. The quantitative estimate of drug-likeness (QED) is 0.865. The van der Waals surface area contributed by atoms with Gasteiger partial charge in [-0.3, -0.25) is 4.98 Å². The summed E-state index contributed by atoms with van der Waals surface area (Å²) < 4.78 is 27.4. The second-order valence-corrected chi connectivity index (χ2v) is 8.33. The summed E-state index contributed by atoms with van der Waals surface area (Å²) in [5.41, 5.74) is 1.57. The fourth-order valence-corrected chi connectivity index (χ4v) is 4.14. The van der Waals surface area contributed by atoms with E-state index in [1.165, 1.54) is 4.31 Å². The Balaban J connectivity index is 1.65. The summed E-state index contributed by atoms with van der Waals surface area (Å²) in [5, 5.41) is 0. The normalized spacial score (nSPS) is 19.7. The lowest BCUT2D eigenvalue weighted by atomic mass is 9.95. The third kappa shape index (κ3) is 3.63. The second kappa shape index (κ2) is 6.96. The van der Waals surface area contributed by atoms with E-state index in [-0.39, 0.29) is 5.92 Å². The van der Waals surface area contributed by atoms with Gasteiger partial charge in [-0.25, -0.2) is 9.97 Å². The molecule has 1 aliphatic rings. The minimum absolute atomic E-state index is 0.261. The van der Waals surface area contributed by atoms with Crippen LogP contribution in [0.2, 0.25) is 0 Å². The Morgan fingerprint density at radius 3 is 2.75 bits per heavy atom. The molecule has 1 N–H and O–H groups in total. The van der Waals surface area contributed by atoms with E-state index in [2.05, 4.69) is 19.9 Å². The number of aromatic nitrogens is 4. The number of hydrogen-bond acceptors (Lipinski definition) is 5. The van der Waals surface area contributed by atoms with E-state index in [1.54, 1.807) is 43.2 Å². The fourth-order valence-electron chi connectivity index (χ4n) is 2.92. The smallest absolute Gasteiger partial charge is 0.281 e. The molecule has 1 atom stereocenters. The zero-order chi connectivity index (χ0) is 17.2. The molecule has 0 aliphatic carbocycles. The van der Waals surface area contributed by atoms with Crippen LogP contribution in [0.5, 0.6) is 0 Å². The van der Waals surface area contributed by atoms with Gasteiger partial charge < -0.3 is 4.98 Å². The molecule has 0 radical (unpaired) electrons. The molecule has 8 nitrogen and oxygen atoms in total. The SMILES string of the molecule is CN(C)S(=O)(=O)N1CCC[C@@H](Cc2cnc(-c3ncc[nH]3)cn2)C1. The van der Waals surface area contributed by atoms with Gasteiger partial charge in [-0.2, -0.15) is 17.0 Å². The van der Waals surface area contributed by atoms with Crippen molar-refractivity contribution >= 4 is 10.2 Å². The lowest BCUT2D eigenvalue weighted by Crippen LogP contribution is -2.45. The van der Waals surface area contributed by atoms with E-state index in [0.717, 1.165) is 25.0 Å². The van der Waals surface area contributed by atoms with E-state index in [9.17, 15) is 8.42 Å². The minimum atomic E-state index is -3.34. The predicted octanol–water partition coefficient (Wildman–Crippen LogP) is 0.928. The molecule has 0 spiro atoms. The molecular formula is C15H22N6O2S. The summed E-state index contributed by atoms with van der Waals surface area (Å²) in [4.78, 5) is 16.0. The van der Waals surface area contributed by atoms with Gasteiger partial charge in [0.15, 0.2) is 5.82 Å². The van der Waals surface area contributed by atoms with Gasteiger partial charge >= 0.3 is 0 Å². The minimum Gasteiger partial charge on any atom is -0.343 e. The first-order chi connectivity index (χ1) is 11.5. The van der Waals surface area contributed by atoms with Gasteiger partial charge in [0.25, 0.3) is 10.2 Å². The molecule has 1 fully saturated rings. The lowest BCUT2D eigenvalue weighted by molar-refractivity contribution is 0.253. The highest BCUT2D eigenvalue weighted by molar-refractivity contribution is 7.86. The lowest BCUT2D eigenvalue weighted by Gasteiger charge is -2.33. The molecule has 130 valence electrons. The molecule has 1 saturated heterocycles. The van der Waals surface area contributed by atoms with Crippen LogP contribution in [0.1, 0.15) is 18.5 Å². The van der Waals surface area contributed by atoms with Gasteiger partial charge in [0, 0.05) is 45.8 Å². The van der Waals surface area contributed by atoms with Crippen LogP contribution in [-0.4, -0.2) is 64.1 Å². The maximum absolute atomic E-state index is 12.3. The molecule has 3 rings (SSSR count). The number of aromatic amines is 1. The number of nitrogens with zero attached hydrogens (tertiary/aromatic N) is 5. The molecule has 1 aliphatic heterocycles. The van der Waals surface area contributed by atoms with Crippen molar-refractivity contribution in [2.75, 3.05) is 27.2 Å². The Labute approximate surface area is 142 Å². The van der Waals surface area contributed by atoms with Gasteiger partial charge in [-0.1, -0.05) is 0 Å². The summed E-state index contributed by atoms with van der Waals surface area (Å²) in [6.07, 6.45) is 9.46. The number of piperidine rings is 1. The van der Waals surface area contributed by atoms with Crippen LogP contribution in [-0.2, 0) is 16.6 Å². The molecule has 0 aromatic carbocycles. The van der Waals surface area contributed by atoms with Gasteiger partial charge in [-0.15, -0.1) is 0 Å². The molecular weight excluding hydrogens is 328 g/mol. The summed E-state index contributed by atoms with van der Waals surface area (Å²) in [5.74, 6) is 0.951. The van der Waals surface area contributed by atoms with Crippen molar-refractivity contribution in [3.05, 3.63) is 30.5 Å². The largest absolute Gasteiger partial charge is 0.343 e. The Kier molecular flexibility index (Phi) is 4.93. The summed E-state index contributed by atoms with van der Waals surface area (Å²) in [6, 6.07) is 0. The maximum atomic E-state index is 12.3. The number of nitrogens with one attached hydrogen (secondary N) is 1. The van der Waals surface area contributed by atoms with Crippen LogP contribution in [0.4, 0.5) is 0 Å². The van der Waals surface area contributed by atoms with Gasteiger partial charge in [0.05, 0.1) is 11.9 Å². The van der Waals surface area contributed by atoms with Crippen LogP contribution >= 0.6 is 0 Å². The molecule has 2 aromatic heterocycles. The van der Waals surface area contributed by atoms with Crippen molar-refractivity contribution in [1.82, 2.24) is 28.5 Å². The first-order valence-electron chi connectivity index (χ1n) is 7.95. The molecule has 0 saturated carbocycles. The Morgan fingerprint density at radius 1 is 1.29 bits per heavy atom.